The van der Waals surface area contributed by atoms with Crippen LogP contribution in [0.3, 0.4) is 0 Å². The van der Waals surface area contributed by atoms with Gasteiger partial charge in [-0.2, -0.15) is 0 Å². The number of hydrogen-bond acceptors (Lipinski definition) is 3. The van der Waals surface area contributed by atoms with Gasteiger partial charge in [-0.15, -0.1) is 0 Å². The Morgan fingerprint density at radius 2 is 1.86 bits per heavy atom. The third kappa shape index (κ3) is 5.09. The first-order valence-corrected chi connectivity index (χ1v) is 9.48. The van der Waals surface area contributed by atoms with Gasteiger partial charge in [0, 0.05) is 42.3 Å². The van der Waals surface area contributed by atoms with Crippen LogP contribution in [0.2, 0.25) is 0 Å². The molecule has 3 N–H and O–H groups in total. The Bertz CT molecular complexity index is 947. The second-order valence-electron chi connectivity index (χ2n) is 6.55. The minimum absolute atomic E-state index is 0.0916. The van der Waals surface area contributed by atoms with E-state index in [9.17, 15) is 10.1 Å². The lowest BCUT2D eigenvalue weighted by Crippen LogP contribution is -2.38. The number of aromatic nitrogens is 1. The van der Waals surface area contributed by atoms with Gasteiger partial charge < -0.3 is 15.6 Å². The Labute approximate surface area is 164 Å². The quantitative estimate of drug-likeness (QED) is 0.240. The van der Waals surface area contributed by atoms with Crippen molar-refractivity contribution in [1.82, 2.24) is 15.6 Å². The summed E-state index contributed by atoms with van der Waals surface area (Å²) in [5.74, 6) is 0.750. The summed E-state index contributed by atoms with van der Waals surface area (Å²) in [7, 11) is 0. The van der Waals surface area contributed by atoms with Gasteiger partial charge in [0.2, 0.25) is 0 Å². The van der Waals surface area contributed by atoms with E-state index in [2.05, 4.69) is 45.9 Å². The highest BCUT2D eigenvalue weighted by atomic mass is 16.6. The number of H-pyrrole nitrogens is 1. The van der Waals surface area contributed by atoms with Crippen LogP contribution in [0, 0.1) is 10.1 Å². The Morgan fingerprint density at radius 3 is 2.61 bits per heavy atom. The number of nitrogens with zero attached hydrogens (tertiary/aromatic N) is 2. The number of nitrogens with one attached hydrogen (secondary N) is 3. The van der Waals surface area contributed by atoms with Crippen molar-refractivity contribution in [3.8, 4) is 0 Å². The number of non-ortho nitro benzene ring substituents is 1. The van der Waals surface area contributed by atoms with Gasteiger partial charge >= 0.3 is 0 Å². The monoisotopic (exact) mass is 379 g/mol. The lowest BCUT2D eigenvalue weighted by molar-refractivity contribution is -0.384. The molecule has 0 atom stereocenters. The summed E-state index contributed by atoms with van der Waals surface area (Å²) in [6.45, 7) is 4.16. The van der Waals surface area contributed by atoms with Crippen molar-refractivity contribution in [2.24, 2.45) is 4.99 Å². The number of fused-ring (bicyclic) bond motifs is 1. The fourth-order valence-electron chi connectivity index (χ4n) is 2.97. The van der Waals surface area contributed by atoms with E-state index in [0.717, 1.165) is 43.0 Å². The lowest BCUT2D eigenvalue weighted by atomic mass is 10.1. The molecule has 0 aliphatic rings. The van der Waals surface area contributed by atoms with E-state index in [1.807, 2.05) is 12.1 Å². The zero-order chi connectivity index (χ0) is 19.8. The normalized spacial score (nSPS) is 11.5. The molecule has 0 spiro atoms. The van der Waals surface area contributed by atoms with Crippen LogP contribution in [0.4, 0.5) is 5.69 Å². The Hall–Kier alpha value is -3.35. The van der Waals surface area contributed by atoms with E-state index in [0.29, 0.717) is 6.54 Å². The van der Waals surface area contributed by atoms with Crippen LogP contribution in [0.1, 0.15) is 24.5 Å². The molecule has 3 aromatic rings. The number of hydrogen-bond donors (Lipinski definition) is 3. The van der Waals surface area contributed by atoms with Gasteiger partial charge in [-0.1, -0.05) is 37.3 Å². The van der Waals surface area contributed by atoms with Crippen molar-refractivity contribution in [2.45, 2.75) is 26.3 Å². The van der Waals surface area contributed by atoms with Crippen molar-refractivity contribution < 1.29 is 4.92 Å². The van der Waals surface area contributed by atoms with Crippen molar-refractivity contribution in [2.75, 3.05) is 13.1 Å². The Kier molecular flexibility index (Phi) is 6.62. The lowest BCUT2D eigenvalue weighted by Gasteiger charge is -2.12. The maximum atomic E-state index is 10.7. The molecular formula is C21H25N5O2. The Morgan fingerprint density at radius 1 is 1.11 bits per heavy atom. The number of para-hydroxylation sites is 1. The fourth-order valence-corrected chi connectivity index (χ4v) is 2.97. The summed E-state index contributed by atoms with van der Waals surface area (Å²) in [6, 6.07) is 14.8. The standard InChI is InChI=1S/C21H25N5O2/c1-2-12-22-21(25-14-16-7-9-18(10-8-16)26(27)28)23-13-11-17-15-24-20-6-4-3-5-19(17)20/h3-10,15,24H,2,11-14H2,1H3,(H2,22,23,25). The van der Waals surface area contributed by atoms with E-state index in [4.69, 9.17) is 0 Å². The van der Waals surface area contributed by atoms with Crippen molar-refractivity contribution in [3.05, 3.63) is 76.0 Å². The number of benzene rings is 2. The Balaban J connectivity index is 1.59. The van der Waals surface area contributed by atoms with Crippen molar-refractivity contribution in [1.29, 1.82) is 0 Å². The molecular weight excluding hydrogens is 354 g/mol. The van der Waals surface area contributed by atoms with Gasteiger partial charge in [0.1, 0.15) is 0 Å². The van der Waals surface area contributed by atoms with Gasteiger partial charge in [-0.25, -0.2) is 4.99 Å². The van der Waals surface area contributed by atoms with Crippen LogP contribution in [0.15, 0.2) is 59.7 Å². The van der Waals surface area contributed by atoms with E-state index in [1.165, 1.54) is 23.1 Å². The number of aliphatic imine (C=N–C) groups is 1. The summed E-state index contributed by atoms with van der Waals surface area (Å²) < 4.78 is 0. The number of rotatable bonds is 8. The van der Waals surface area contributed by atoms with Crippen LogP contribution in [-0.2, 0) is 13.0 Å². The highest BCUT2D eigenvalue weighted by Crippen LogP contribution is 2.17. The molecule has 0 bridgehead atoms. The second-order valence-corrected chi connectivity index (χ2v) is 6.55. The maximum absolute atomic E-state index is 10.7. The zero-order valence-electron chi connectivity index (χ0n) is 15.9. The summed E-state index contributed by atoms with van der Waals surface area (Å²) in [5.41, 5.74) is 3.44. The molecule has 7 nitrogen and oxygen atoms in total. The molecule has 0 amide bonds. The molecule has 0 radical (unpaired) electrons. The largest absolute Gasteiger partial charge is 0.361 e. The number of nitro benzene ring substituents is 1. The summed E-state index contributed by atoms with van der Waals surface area (Å²) in [6.07, 6.45) is 3.94. The predicted molar refractivity (Wildman–Crippen MR) is 113 cm³/mol. The van der Waals surface area contributed by atoms with Gasteiger partial charge in [-0.3, -0.25) is 10.1 Å². The number of guanidine groups is 1. The average molecular weight is 379 g/mol. The molecule has 1 heterocycles. The summed E-state index contributed by atoms with van der Waals surface area (Å²) in [5, 5.41) is 18.7. The first kappa shape index (κ1) is 19.4. The molecule has 0 aliphatic heterocycles. The van der Waals surface area contributed by atoms with E-state index < -0.39 is 4.92 Å². The van der Waals surface area contributed by atoms with Crippen LogP contribution >= 0.6 is 0 Å². The zero-order valence-corrected chi connectivity index (χ0v) is 15.9. The predicted octanol–water partition coefficient (Wildman–Crippen LogP) is 3.76. The first-order valence-electron chi connectivity index (χ1n) is 9.48. The molecule has 0 saturated heterocycles. The summed E-state index contributed by atoms with van der Waals surface area (Å²) >= 11 is 0. The first-order chi connectivity index (χ1) is 13.7. The van der Waals surface area contributed by atoms with E-state index in [1.54, 1.807) is 12.1 Å². The number of aromatic amines is 1. The minimum Gasteiger partial charge on any atom is -0.361 e. The SMILES string of the molecule is CCCNC(=NCc1ccc([N+](=O)[O-])cc1)NCCc1c[nH]c2ccccc12. The molecule has 0 fully saturated rings. The molecule has 2 aromatic carbocycles. The molecule has 0 saturated carbocycles. The molecule has 1 aromatic heterocycles. The molecule has 7 heteroatoms. The second kappa shape index (κ2) is 9.55. The van der Waals surface area contributed by atoms with Gasteiger partial charge in [-0.05, 0) is 30.0 Å². The van der Waals surface area contributed by atoms with Gasteiger partial charge in [0.25, 0.3) is 5.69 Å². The molecule has 0 unspecified atom stereocenters. The fraction of sp³-hybridized carbons (Fsp3) is 0.286. The average Bonchev–Trinajstić information content (AvgIpc) is 3.13. The van der Waals surface area contributed by atoms with Gasteiger partial charge in [0.15, 0.2) is 5.96 Å². The third-order valence-electron chi connectivity index (χ3n) is 4.47. The topological polar surface area (TPSA) is 95.3 Å². The van der Waals surface area contributed by atoms with Crippen LogP contribution in [0.25, 0.3) is 10.9 Å². The highest BCUT2D eigenvalue weighted by molar-refractivity contribution is 5.83. The van der Waals surface area contributed by atoms with Gasteiger partial charge in [0.05, 0.1) is 11.5 Å². The molecule has 146 valence electrons. The number of nitro groups is 1. The molecule has 3 rings (SSSR count). The molecule has 28 heavy (non-hydrogen) atoms. The minimum atomic E-state index is -0.395. The highest BCUT2D eigenvalue weighted by Gasteiger charge is 2.05. The van der Waals surface area contributed by atoms with Crippen molar-refractivity contribution >= 4 is 22.5 Å². The van der Waals surface area contributed by atoms with E-state index in [-0.39, 0.29) is 5.69 Å². The smallest absolute Gasteiger partial charge is 0.269 e. The van der Waals surface area contributed by atoms with Crippen LogP contribution < -0.4 is 10.6 Å². The molecule has 0 aliphatic carbocycles. The van der Waals surface area contributed by atoms with Crippen molar-refractivity contribution in [3.63, 3.8) is 0 Å². The summed E-state index contributed by atoms with van der Waals surface area (Å²) in [4.78, 5) is 18.3. The van der Waals surface area contributed by atoms with Crippen LogP contribution in [0.5, 0.6) is 0 Å². The van der Waals surface area contributed by atoms with Crippen LogP contribution in [-0.4, -0.2) is 29.0 Å². The van der Waals surface area contributed by atoms with E-state index >= 15 is 0 Å². The third-order valence-corrected chi connectivity index (χ3v) is 4.47. The maximum Gasteiger partial charge on any atom is 0.269 e.